The van der Waals surface area contributed by atoms with Crippen LogP contribution in [0.2, 0.25) is 5.02 Å². The summed E-state index contributed by atoms with van der Waals surface area (Å²) in [5.41, 5.74) is -2.34. The molecule has 0 atom stereocenters. The van der Waals surface area contributed by atoms with Gasteiger partial charge in [0.15, 0.2) is 0 Å². The monoisotopic (exact) mass is 384 g/mol. The van der Waals surface area contributed by atoms with E-state index >= 15 is 0 Å². The number of hydrogen-bond donors (Lipinski definition) is 2. The average molecular weight is 385 g/mol. The van der Waals surface area contributed by atoms with Crippen LogP contribution in [0.1, 0.15) is 5.56 Å². The van der Waals surface area contributed by atoms with E-state index < -0.39 is 47.6 Å². The van der Waals surface area contributed by atoms with E-state index in [2.05, 4.69) is 4.98 Å². The predicted octanol–water partition coefficient (Wildman–Crippen LogP) is 1.86. The quantitative estimate of drug-likeness (QED) is 0.655. The van der Waals surface area contributed by atoms with Crippen molar-refractivity contribution in [2.24, 2.45) is 0 Å². The van der Waals surface area contributed by atoms with E-state index in [-0.39, 0.29) is 9.75 Å². The normalized spacial score (nSPS) is 11.8. The van der Waals surface area contributed by atoms with E-state index in [9.17, 15) is 27.6 Å². The van der Waals surface area contributed by atoms with Gasteiger partial charge in [-0.05, 0) is 36.8 Å². The van der Waals surface area contributed by atoms with Crippen molar-refractivity contribution in [3.8, 4) is 0 Å². The van der Waals surface area contributed by atoms with Gasteiger partial charge in [0.05, 0.1) is 20.8 Å². The number of sulfone groups is 1. The Bertz CT molecular complexity index is 1250. The lowest BCUT2D eigenvalue weighted by Gasteiger charge is -2.10. The molecule has 1 heterocycles. The molecular formula is C15H10ClFN2O5S. The van der Waals surface area contributed by atoms with E-state index in [1.807, 2.05) is 0 Å². The highest BCUT2D eigenvalue weighted by atomic mass is 35.5. The molecule has 3 rings (SSSR count). The number of nitrogens with one attached hydrogen (secondary N) is 1. The fourth-order valence-corrected chi connectivity index (χ4v) is 4.22. The van der Waals surface area contributed by atoms with E-state index in [4.69, 9.17) is 11.6 Å². The Morgan fingerprint density at radius 3 is 2.52 bits per heavy atom. The van der Waals surface area contributed by atoms with Gasteiger partial charge in [-0.3, -0.25) is 4.79 Å². The van der Waals surface area contributed by atoms with Gasteiger partial charge in [0.25, 0.3) is 5.56 Å². The lowest BCUT2D eigenvalue weighted by Crippen LogP contribution is -2.33. The molecule has 3 aromatic rings. The Morgan fingerprint density at radius 1 is 1.16 bits per heavy atom. The number of nitrogens with zero attached hydrogens (tertiary/aromatic N) is 1. The van der Waals surface area contributed by atoms with E-state index in [1.165, 1.54) is 6.07 Å². The molecule has 7 nitrogen and oxygen atoms in total. The number of halogens is 2. The van der Waals surface area contributed by atoms with Gasteiger partial charge in [-0.2, -0.15) is 0 Å². The summed E-state index contributed by atoms with van der Waals surface area (Å²) in [6, 6.07) is 5.71. The smallest absolute Gasteiger partial charge is 0.362 e. The highest BCUT2D eigenvalue weighted by molar-refractivity contribution is 7.91. The predicted molar refractivity (Wildman–Crippen MR) is 87.6 cm³/mol. The molecule has 0 bridgehead atoms. The molecule has 0 radical (unpaired) electrons. The van der Waals surface area contributed by atoms with Crippen molar-refractivity contribution in [3.05, 3.63) is 67.6 Å². The Hall–Kier alpha value is -2.65. The lowest BCUT2D eigenvalue weighted by atomic mass is 10.2. The van der Waals surface area contributed by atoms with Crippen molar-refractivity contribution in [2.75, 3.05) is 0 Å². The third kappa shape index (κ3) is 2.61. The minimum absolute atomic E-state index is 0.178. The molecule has 25 heavy (non-hydrogen) atoms. The standard InChI is InChI=1S/C15H10ClFN2O5S/c1-7-2-4-9(17)11(6-7)25(23,24)10-5-3-8(16)12-13(10)18-15(21)19(22)14(12)20/h2-6,22H,1H3,(H,18,21). The maximum Gasteiger partial charge on any atom is 0.362 e. The first-order valence-corrected chi connectivity index (χ1v) is 8.68. The first-order valence-electron chi connectivity index (χ1n) is 6.82. The van der Waals surface area contributed by atoms with Crippen molar-refractivity contribution in [2.45, 2.75) is 16.7 Å². The van der Waals surface area contributed by atoms with Crippen LogP contribution in [-0.2, 0) is 9.84 Å². The highest BCUT2D eigenvalue weighted by Crippen LogP contribution is 2.30. The van der Waals surface area contributed by atoms with Crippen LogP contribution < -0.4 is 11.2 Å². The highest BCUT2D eigenvalue weighted by Gasteiger charge is 2.26. The molecule has 0 fully saturated rings. The second kappa shape index (κ2) is 5.71. The number of rotatable bonds is 2. The van der Waals surface area contributed by atoms with Crippen LogP contribution >= 0.6 is 11.6 Å². The summed E-state index contributed by atoms with van der Waals surface area (Å²) in [4.78, 5) is 24.7. The van der Waals surface area contributed by atoms with Gasteiger partial charge in [0, 0.05) is 0 Å². The largest absolute Gasteiger partial charge is 0.421 e. The third-order valence-corrected chi connectivity index (χ3v) is 5.74. The van der Waals surface area contributed by atoms with Crippen molar-refractivity contribution in [3.63, 3.8) is 0 Å². The zero-order valence-electron chi connectivity index (χ0n) is 12.6. The summed E-state index contributed by atoms with van der Waals surface area (Å²) >= 11 is 5.90. The van der Waals surface area contributed by atoms with Crippen LogP contribution in [-0.4, -0.2) is 23.3 Å². The van der Waals surface area contributed by atoms with Crippen LogP contribution in [0.15, 0.2) is 49.7 Å². The Balaban J connectivity index is 2.48. The summed E-state index contributed by atoms with van der Waals surface area (Å²) in [5, 5.41) is 8.83. The topological polar surface area (TPSA) is 109 Å². The van der Waals surface area contributed by atoms with Gasteiger partial charge >= 0.3 is 5.69 Å². The van der Waals surface area contributed by atoms with Crippen LogP contribution in [0, 0.1) is 12.7 Å². The third-order valence-electron chi connectivity index (χ3n) is 3.61. The van der Waals surface area contributed by atoms with Gasteiger partial charge in [-0.15, -0.1) is 0 Å². The van der Waals surface area contributed by atoms with Gasteiger partial charge in [-0.1, -0.05) is 22.4 Å². The molecule has 130 valence electrons. The van der Waals surface area contributed by atoms with Crippen LogP contribution in [0.25, 0.3) is 10.9 Å². The Labute approximate surface area is 144 Å². The second-order valence-electron chi connectivity index (χ2n) is 5.28. The number of H-pyrrole nitrogens is 1. The fraction of sp³-hybridized carbons (Fsp3) is 0.0667. The first-order chi connectivity index (χ1) is 11.6. The summed E-state index contributed by atoms with van der Waals surface area (Å²) in [6.07, 6.45) is 0. The molecule has 0 saturated heterocycles. The summed E-state index contributed by atoms with van der Waals surface area (Å²) in [5.74, 6) is -0.980. The van der Waals surface area contributed by atoms with E-state index in [0.717, 1.165) is 24.3 Å². The van der Waals surface area contributed by atoms with Gasteiger partial charge in [0.1, 0.15) is 10.7 Å². The molecule has 0 aliphatic heterocycles. The number of aryl methyl sites for hydroxylation is 1. The number of aromatic nitrogens is 2. The Kier molecular flexibility index (Phi) is 3.92. The summed E-state index contributed by atoms with van der Waals surface area (Å²) < 4.78 is 39.6. The number of hydrogen-bond acceptors (Lipinski definition) is 5. The van der Waals surface area contributed by atoms with Crippen molar-refractivity contribution < 1.29 is 18.0 Å². The van der Waals surface area contributed by atoms with Crippen molar-refractivity contribution >= 4 is 32.3 Å². The fourth-order valence-electron chi connectivity index (χ4n) is 2.41. The maximum absolute atomic E-state index is 14.1. The summed E-state index contributed by atoms with van der Waals surface area (Å²) in [6.45, 7) is 1.59. The summed E-state index contributed by atoms with van der Waals surface area (Å²) in [7, 11) is -4.42. The molecule has 0 saturated carbocycles. The first kappa shape index (κ1) is 17.2. The molecular weight excluding hydrogens is 375 g/mol. The molecule has 0 spiro atoms. The molecule has 0 aliphatic carbocycles. The molecule has 10 heteroatoms. The lowest BCUT2D eigenvalue weighted by molar-refractivity contribution is 0.162. The van der Waals surface area contributed by atoms with Gasteiger partial charge < -0.3 is 10.2 Å². The van der Waals surface area contributed by atoms with Gasteiger partial charge in [-0.25, -0.2) is 17.6 Å². The van der Waals surface area contributed by atoms with E-state index in [0.29, 0.717) is 5.56 Å². The minimum atomic E-state index is -4.42. The van der Waals surface area contributed by atoms with E-state index in [1.54, 1.807) is 6.92 Å². The van der Waals surface area contributed by atoms with Crippen LogP contribution in [0.4, 0.5) is 4.39 Å². The molecule has 0 amide bonds. The SMILES string of the molecule is Cc1ccc(F)c(S(=O)(=O)c2ccc(Cl)c3c(=O)n(O)c(=O)[nH]c23)c1. The molecule has 0 aliphatic rings. The molecule has 2 N–H and O–H groups in total. The zero-order valence-corrected chi connectivity index (χ0v) is 14.2. The van der Waals surface area contributed by atoms with Crippen molar-refractivity contribution in [1.82, 2.24) is 9.71 Å². The molecule has 1 aromatic heterocycles. The zero-order chi connectivity index (χ0) is 18.5. The number of fused-ring (bicyclic) bond motifs is 1. The van der Waals surface area contributed by atoms with Crippen LogP contribution in [0.5, 0.6) is 0 Å². The maximum atomic E-state index is 14.1. The number of benzene rings is 2. The number of aromatic amines is 1. The van der Waals surface area contributed by atoms with Crippen LogP contribution in [0.3, 0.4) is 0 Å². The molecule has 2 aromatic carbocycles. The Morgan fingerprint density at radius 2 is 1.84 bits per heavy atom. The minimum Gasteiger partial charge on any atom is -0.421 e. The van der Waals surface area contributed by atoms with Crippen molar-refractivity contribution in [1.29, 1.82) is 0 Å². The van der Waals surface area contributed by atoms with Gasteiger partial charge in [0.2, 0.25) is 9.84 Å². The molecule has 0 unspecified atom stereocenters. The average Bonchev–Trinajstić information content (AvgIpc) is 2.54. The second-order valence-corrected chi connectivity index (χ2v) is 7.57.